The van der Waals surface area contributed by atoms with Gasteiger partial charge >= 0.3 is 0 Å². The van der Waals surface area contributed by atoms with E-state index in [1.165, 1.54) is 12.1 Å². The Morgan fingerprint density at radius 2 is 2.00 bits per heavy atom. The van der Waals surface area contributed by atoms with E-state index in [1.54, 1.807) is 24.3 Å². The van der Waals surface area contributed by atoms with Gasteiger partial charge in [0.2, 0.25) is 0 Å². The van der Waals surface area contributed by atoms with E-state index in [-0.39, 0.29) is 22.4 Å². The Morgan fingerprint density at radius 3 is 2.65 bits per heavy atom. The number of halogens is 1. The van der Waals surface area contributed by atoms with Gasteiger partial charge in [-0.25, -0.2) is 10.2 Å². The number of nitrogens with zero attached hydrogens (tertiary/aromatic N) is 1. The number of Topliss-reactive ketones (excluding diaryl/α,β-unsaturated/α-hetero) is 1. The number of quaternary nitrogens is 1. The first kappa shape index (κ1) is 17.9. The van der Waals surface area contributed by atoms with E-state index in [2.05, 4.69) is 27.6 Å². The second-order valence-electron chi connectivity index (χ2n) is 4.52. The molecule has 0 bridgehead atoms. The molecular formula is C15H14IN3O3S. The summed E-state index contributed by atoms with van der Waals surface area (Å²) in [5.74, 6) is 0.137. The first-order chi connectivity index (χ1) is 11.0. The minimum Gasteiger partial charge on any atom is -0.595 e. The lowest BCUT2D eigenvalue weighted by Gasteiger charge is -2.11. The fourth-order valence-electron chi connectivity index (χ4n) is 1.73. The Bertz CT molecular complexity index is 720. The van der Waals surface area contributed by atoms with Crippen molar-refractivity contribution in [3.63, 3.8) is 0 Å². The van der Waals surface area contributed by atoms with Crippen molar-refractivity contribution in [2.24, 2.45) is 10.7 Å². The highest BCUT2D eigenvalue weighted by Gasteiger charge is 2.08. The lowest BCUT2D eigenvalue weighted by molar-refractivity contribution is -0.991. The number of ketones is 1. The van der Waals surface area contributed by atoms with Crippen LogP contribution in [0.1, 0.15) is 10.4 Å². The van der Waals surface area contributed by atoms with E-state index < -0.39 is 5.23 Å². The molecular weight excluding hydrogens is 429 g/mol. The maximum Gasteiger partial charge on any atom is 0.173 e. The van der Waals surface area contributed by atoms with Crippen molar-refractivity contribution in [2.45, 2.75) is 0 Å². The molecule has 6 nitrogen and oxygen atoms in total. The van der Waals surface area contributed by atoms with Gasteiger partial charge in [0, 0.05) is 21.3 Å². The van der Waals surface area contributed by atoms with E-state index in [4.69, 9.17) is 10.9 Å². The number of nitrogens with two attached hydrogens (primary N) is 1. The van der Waals surface area contributed by atoms with E-state index in [1.807, 2.05) is 12.1 Å². The Balaban J connectivity index is 1.98. The van der Waals surface area contributed by atoms with Gasteiger partial charge in [-0.05, 0) is 40.8 Å². The summed E-state index contributed by atoms with van der Waals surface area (Å²) in [5.41, 5.74) is 7.00. The summed E-state index contributed by atoms with van der Waals surface area (Å²) < 4.78 is 1.06. The number of amidine groups is 1. The van der Waals surface area contributed by atoms with Crippen LogP contribution in [0.15, 0.2) is 53.5 Å². The van der Waals surface area contributed by atoms with Crippen molar-refractivity contribution in [2.75, 3.05) is 5.75 Å². The number of carbonyl (C=O) groups is 1. The van der Waals surface area contributed by atoms with Crippen LogP contribution in [-0.2, 0) is 0 Å². The van der Waals surface area contributed by atoms with E-state index in [9.17, 15) is 10.0 Å². The number of hydrogen-bond acceptors (Lipinski definition) is 5. The van der Waals surface area contributed by atoms with E-state index in [0.29, 0.717) is 11.3 Å². The van der Waals surface area contributed by atoms with Crippen LogP contribution >= 0.6 is 34.4 Å². The number of nitrogens with one attached hydrogen (secondary N) is 1. The molecule has 0 saturated heterocycles. The summed E-state index contributed by atoms with van der Waals surface area (Å²) in [6.07, 6.45) is 0. The van der Waals surface area contributed by atoms with Gasteiger partial charge < -0.3 is 10.9 Å². The molecule has 23 heavy (non-hydrogen) atoms. The first-order valence-electron chi connectivity index (χ1n) is 6.55. The zero-order valence-corrected chi connectivity index (χ0v) is 14.9. The van der Waals surface area contributed by atoms with Crippen molar-refractivity contribution < 1.29 is 15.2 Å². The van der Waals surface area contributed by atoms with Crippen molar-refractivity contribution in [3.8, 4) is 0 Å². The molecule has 0 saturated carbocycles. The number of hydrogen-bond donors (Lipinski definition) is 3. The zero-order chi connectivity index (χ0) is 16.8. The highest BCUT2D eigenvalue weighted by Crippen LogP contribution is 2.17. The van der Waals surface area contributed by atoms with Gasteiger partial charge in [-0.3, -0.25) is 4.79 Å². The molecule has 0 aliphatic rings. The summed E-state index contributed by atoms with van der Waals surface area (Å²) in [7, 11) is 0. The molecule has 0 aliphatic heterocycles. The molecule has 0 heterocycles. The highest BCUT2D eigenvalue weighted by atomic mass is 127. The molecule has 120 valence electrons. The molecule has 0 spiro atoms. The van der Waals surface area contributed by atoms with Crippen LogP contribution in [0.5, 0.6) is 0 Å². The molecule has 0 fully saturated rings. The van der Waals surface area contributed by atoms with Crippen LogP contribution in [0.4, 0.5) is 11.4 Å². The monoisotopic (exact) mass is 443 g/mol. The average molecular weight is 443 g/mol. The second-order valence-corrected chi connectivity index (χ2v) is 6.77. The van der Waals surface area contributed by atoms with Gasteiger partial charge in [0.1, 0.15) is 0 Å². The molecule has 2 rings (SSSR count). The quantitative estimate of drug-likeness (QED) is 0.216. The molecule has 0 aliphatic carbocycles. The lowest BCUT2D eigenvalue weighted by Crippen LogP contribution is -2.99. The predicted molar refractivity (Wildman–Crippen MR) is 99.4 cm³/mol. The molecule has 1 atom stereocenters. The largest absolute Gasteiger partial charge is 0.595 e. The Labute approximate surface area is 151 Å². The SMILES string of the molecule is NC(=Nc1cccc([NH+]([O-])O)c1)SCC(=O)c1ccc(I)cc1. The van der Waals surface area contributed by atoms with Gasteiger partial charge in [0.05, 0.1) is 11.4 Å². The minimum atomic E-state index is -1.03. The third kappa shape index (κ3) is 5.59. The summed E-state index contributed by atoms with van der Waals surface area (Å²) in [4.78, 5) is 16.2. The maximum atomic E-state index is 12.0. The number of aliphatic imine (C=N–C) groups is 1. The maximum absolute atomic E-state index is 12.0. The van der Waals surface area contributed by atoms with Crippen molar-refractivity contribution >= 4 is 56.7 Å². The van der Waals surface area contributed by atoms with Crippen LogP contribution < -0.4 is 11.0 Å². The van der Waals surface area contributed by atoms with Gasteiger partial charge in [-0.2, -0.15) is 5.23 Å². The molecule has 8 heteroatoms. The number of carbonyl (C=O) groups excluding carboxylic acids is 1. The van der Waals surface area contributed by atoms with Crippen LogP contribution in [0.3, 0.4) is 0 Å². The van der Waals surface area contributed by atoms with Crippen LogP contribution in [0.25, 0.3) is 0 Å². The molecule has 0 amide bonds. The van der Waals surface area contributed by atoms with Crippen LogP contribution in [0.2, 0.25) is 0 Å². The third-order valence-corrected chi connectivity index (χ3v) is 4.36. The first-order valence-corrected chi connectivity index (χ1v) is 8.61. The number of thioether (sulfide) groups is 1. The summed E-state index contributed by atoms with van der Waals surface area (Å²) in [6, 6.07) is 13.4. The standard InChI is InChI=1S/C15H14IN3O3S/c16-11-6-4-10(5-7-11)14(20)9-23-15(17)18-12-2-1-3-13(8-12)19(21)22/h1-8,19,21H,9H2,(H2,17,18). The van der Waals surface area contributed by atoms with Crippen molar-refractivity contribution in [1.82, 2.24) is 0 Å². The molecule has 0 radical (unpaired) electrons. The smallest absolute Gasteiger partial charge is 0.173 e. The van der Waals surface area contributed by atoms with Gasteiger partial charge in [-0.1, -0.05) is 30.0 Å². The number of rotatable bonds is 5. The van der Waals surface area contributed by atoms with Crippen LogP contribution in [-0.4, -0.2) is 21.9 Å². The lowest BCUT2D eigenvalue weighted by atomic mass is 10.2. The van der Waals surface area contributed by atoms with Crippen LogP contribution in [0, 0.1) is 8.78 Å². The Kier molecular flexibility index (Phi) is 6.54. The third-order valence-electron chi connectivity index (χ3n) is 2.85. The minimum absolute atomic E-state index is 0.0381. The molecule has 1 unspecified atom stereocenters. The fraction of sp³-hybridized carbons (Fsp3) is 0.0667. The Hall–Kier alpha value is -1.46. The van der Waals surface area contributed by atoms with E-state index >= 15 is 0 Å². The topological polar surface area (TPSA) is 103 Å². The summed E-state index contributed by atoms with van der Waals surface area (Å²) in [5, 5.41) is 19.0. The predicted octanol–water partition coefficient (Wildman–Crippen LogP) is 2.26. The zero-order valence-electron chi connectivity index (χ0n) is 11.9. The molecule has 4 N–H and O–H groups in total. The van der Waals surface area contributed by atoms with Crippen molar-refractivity contribution in [3.05, 3.63) is 62.9 Å². The molecule has 2 aromatic rings. The highest BCUT2D eigenvalue weighted by molar-refractivity contribution is 14.1. The van der Waals surface area contributed by atoms with Gasteiger partial charge in [-0.15, -0.1) is 0 Å². The normalized spacial score (nSPS) is 12.9. The summed E-state index contributed by atoms with van der Waals surface area (Å²) >= 11 is 3.30. The van der Waals surface area contributed by atoms with E-state index in [0.717, 1.165) is 15.3 Å². The average Bonchev–Trinajstić information content (AvgIpc) is 2.53. The Morgan fingerprint density at radius 1 is 1.30 bits per heavy atom. The van der Waals surface area contributed by atoms with Crippen molar-refractivity contribution in [1.29, 1.82) is 0 Å². The fourth-order valence-corrected chi connectivity index (χ4v) is 2.70. The van der Waals surface area contributed by atoms with Gasteiger partial charge in [0.25, 0.3) is 0 Å². The van der Waals surface area contributed by atoms with Gasteiger partial charge in [0.15, 0.2) is 16.6 Å². The molecule has 2 aromatic carbocycles. The molecule has 0 aromatic heterocycles. The second kappa shape index (κ2) is 8.41. The number of benzene rings is 2. The summed E-state index contributed by atoms with van der Waals surface area (Å²) in [6.45, 7) is 0.